The molecular formula is C28H29N7O3. The normalized spacial score (nSPS) is 13.4. The highest BCUT2D eigenvalue weighted by atomic mass is 16.5. The lowest BCUT2D eigenvalue weighted by molar-refractivity contribution is -0.133. The summed E-state index contributed by atoms with van der Waals surface area (Å²) in [6.45, 7) is 6.93. The number of nitrogens with two attached hydrogens (primary N) is 1. The van der Waals surface area contributed by atoms with Crippen molar-refractivity contribution in [1.82, 2.24) is 29.6 Å². The van der Waals surface area contributed by atoms with Crippen LogP contribution in [-0.2, 0) is 29.0 Å². The fourth-order valence-electron chi connectivity index (χ4n) is 5.11. The molecule has 0 bridgehead atoms. The zero-order valence-electron chi connectivity index (χ0n) is 21.5. The van der Waals surface area contributed by atoms with Crippen LogP contribution in [0.3, 0.4) is 0 Å². The van der Waals surface area contributed by atoms with Crippen LogP contribution in [0.2, 0.25) is 0 Å². The number of amides is 1. The van der Waals surface area contributed by atoms with Crippen LogP contribution in [0.15, 0.2) is 47.1 Å². The van der Waals surface area contributed by atoms with Gasteiger partial charge in [0.25, 0.3) is 6.01 Å². The third kappa shape index (κ3) is 4.47. The molecule has 0 aliphatic carbocycles. The molecule has 38 heavy (non-hydrogen) atoms. The number of benzene rings is 2. The van der Waals surface area contributed by atoms with Gasteiger partial charge in [0.05, 0.1) is 30.7 Å². The van der Waals surface area contributed by atoms with E-state index in [1.807, 2.05) is 41.6 Å². The average Bonchev–Trinajstić information content (AvgIpc) is 3.48. The van der Waals surface area contributed by atoms with Gasteiger partial charge in [-0.3, -0.25) is 4.79 Å². The minimum Gasteiger partial charge on any atom is -0.424 e. The Labute approximate surface area is 219 Å². The summed E-state index contributed by atoms with van der Waals surface area (Å²) in [5, 5.41) is 5.88. The summed E-state index contributed by atoms with van der Waals surface area (Å²) in [6, 6.07) is 12.3. The molecule has 194 valence electrons. The van der Waals surface area contributed by atoms with E-state index >= 15 is 0 Å². The van der Waals surface area contributed by atoms with Gasteiger partial charge in [0.1, 0.15) is 17.5 Å². The standard InChI is InChI=1S/C28H29N7O3/c1-3-37-11-9-24(36)34-10-8-19-12-18(4-5-21(19)15-34)14-35-27-25(17(2)30-16-31-27)26(33-35)20-6-7-23-22(13-20)32-28(29)38-23/h4-7,12-13,16H,3,8-11,14-15H2,1-2H3,(H2,29,32). The zero-order chi connectivity index (χ0) is 26.2. The van der Waals surface area contributed by atoms with Crippen molar-refractivity contribution in [2.45, 2.75) is 39.8 Å². The van der Waals surface area contributed by atoms with E-state index in [4.69, 9.17) is 20.0 Å². The first kappa shape index (κ1) is 24.1. The molecule has 10 heteroatoms. The van der Waals surface area contributed by atoms with Gasteiger partial charge in [0.15, 0.2) is 11.2 Å². The van der Waals surface area contributed by atoms with Crippen molar-refractivity contribution in [2.75, 3.05) is 25.5 Å². The van der Waals surface area contributed by atoms with Crippen LogP contribution in [0.1, 0.15) is 35.7 Å². The van der Waals surface area contributed by atoms with E-state index in [9.17, 15) is 4.79 Å². The number of carbonyl (C=O) groups is 1. The lowest BCUT2D eigenvalue weighted by atomic mass is 9.97. The number of rotatable bonds is 7. The summed E-state index contributed by atoms with van der Waals surface area (Å²) in [5.74, 6) is 0.144. The van der Waals surface area contributed by atoms with Crippen LogP contribution in [0.25, 0.3) is 33.4 Å². The highest BCUT2D eigenvalue weighted by molar-refractivity contribution is 5.95. The fourth-order valence-corrected chi connectivity index (χ4v) is 5.11. The summed E-state index contributed by atoms with van der Waals surface area (Å²) in [5.41, 5.74) is 14.0. The third-order valence-corrected chi connectivity index (χ3v) is 7.03. The molecule has 0 radical (unpaired) electrons. The molecule has 2 aromatic carbocycles. The highest BCUT2D eigenvalue weighted by Crippen LogP contribution is 2.32. The summed E-state index contributed by atoms with van der Waals surface area (Å²) < 4.78 is 12.7. The second-order valence-electron chi connectivity index (χ2n) is 9.51. The van der Waals surface area contributed by atoms with E-state index in [1.54, 1.807) is 6.33 Å². The van der Waals surface area contributed by atoms with Crippen molar-refractivity contribution in [3.8, 4) is 11.3 Å². The number of carbonyl (C=O) groups excluding carboxylic acids is 1. The summed E-state index contributed by atoms with van der Waals surface area (Å²) in [7, 11) is 0. The molecule has 1 aliphatic rings. The minimum atomic E-state index is 0.137. The molecule has 10 nitrogen and oxygen atoms in total. The molecule has 4 heterocycles. The second kappa shape index (κ2) is 9.86. The monoisotopic (exact) mass is 511 g/mol. The number of oxazole rings is 1. The quantitative estimate of drug-likeness (QED) is 0.326. The molecule has 6 rings (SSSR count). The van der Waals surface area contributed by atoms with E-state index in [0.29, 0.717) is 43.8 Å². The molecule has 0 unspecified atom stereocenters. The number of hydrogen-bond donors (Lipinski definition) is 1. The van der Waals surface area contributed by atoms with Crippen LogP contribution in [-0.4, -0.2) is 55.3 Å². The first-order valence-electron chi connectivity index (χ1n) is 12.8. The number of ether oxygens (including phenoxy) is 1. The lowest BCUT2D eigenvalue weighted by Gasteiger charge is -2.29. The molecule has 5 aromatic rings. The van der Waals surface area contributed by atoms with E-state index < -0.39 is 0 Å². The van der Waals surface area contributed by atoms with Crippen LogP contribution in [0, 0.1) is 6.92 Å². The van der Waals surface area contributed by atoms with Gasteiger partial charge in [-0.25, -0.2) is 14.6 Å². The second-order valence-corrected chi connectivity index (χ2v) is 9.51. The topological polar surface area (TPSA) is 125 Å². The van der Waals surface area contributed by atoms with Crippen molar-refractivity contribution in [2.24, 2.45) is 0 Å². The molecule has 2 N–H and O–H groups in total. The van der Waals surface area contributed by atoms with Crippen molar-refractivity contribution < 1.29 is 13.9 Å². The van der Waals surface area contributed by atoms with Crippen molar-refractivity contribution in [3.63, 3.8) is 0 Å². The molecule has 0 spiro atoms. The van der Waals surface area contributed by atoms with Gasteiger partial charge in [-0.2, -0.15) is 10.1 Å². The van der Waals surface area contributed by atoms with Gasteiger partial charge in [0.2, 0.25) is 5.91 Å². The summed E-state index contributed by atoms with van der Waals surface area (Å²) in [4.78, 5) is 27.7. The van der Waals surface area contributed by atoms with Crippen molar-refractivity contribution in [3.05, 3.63) is 65.1 Å². The van der Waals surface area contributed by atoms with Crippen molar-refractivity contribution in [1.29, 1.82) is 0 Å². The molecule has 0 saturated heterocycles. The van der Waals surface area contributed by atoms with Gasteiger partial charge in [-0.15, -0.1) is 0 Å². The number of aromatic nitrogens is 5. The lowest BCUT2D eigenvalue weighted by Crippen LogP contribution is -2.36. The first-order valence-corrected chi connectivity index (χ1v) is 12.8. The average molecular weight is 512 g/mol. The van der Waals surface area contributed by atoms with Crippen molar-refractivity contribution >= 4 is 34.1 Å². The Hall–Kier alpha value is -4.31. The minimum absolute atomic E-state index is 0.137. The van der Waals surface area contributed by atoms with E-state index in [1.165, 1.54) is 11.1 Å². The van der Waals surface area contributed by atoms with Gasteiger partial charge in [-0.1, -0.05) is 18.2 Å². The van der Waals surface area contributed by atoms with E-state index in [2.05, 4.69) is 33.2 Å². The molecular weight excluding hydrogens is 482 g/mol. The Kier molecular flexibility index (Phi) is 6.24. The maximum atomic E-state index is 12.5. The van der Waals surface area contributed by atoms with Gasteiger partial charge < -0.3 is 19.8 Å². The molecule has 3 aromatic heterocycles. The Bertz CT molecular complexity index is 1660. The maximum Gasteiger partial charge on any atom is 0.292 e. The summed E-state index contributed by atoms with van der Waals surface area (Å²) in [6.07, 6.45) is 2.83. The predicted octanol–water partition coefficient (Wildman–Crippen LogP) is 3.88. The number of nitrogens with zero attached hydrogens (tertiary/aromatic N) is 6. The fraction of sp³-hybridized carbons (Fsp3) is 0.321. The summed E-state index contributed by atoms with van der Waals surface area (Å²) >= 11 is 0. The van der Waals surface area contributed by atoms with Gasteiger partial charge in [0, 0.05) is 25.3 Å². The third-order valence-electron chi connectivity index (χ3n) is 7.03. The molecule has 1 aliphatic heterocycles. The Morgan fingerprint density at radius 3 is 2.92 bits per heavy atom. The zero-order valence-corrected chi connectivity index (χ0v) is 21.5. The van der Waals surface area contributed by atoms with Crippen LogP contribution < -0.4 is 5.73 Å². The Morgan fingerprint density at radius 1 is 1.16 bits per heavy atom. The predicted molar refractivity (Wildman–Crippen MR) is 143 cm³/mol. The number of hydrogen-bond acceptors (Lipinski definition) is 8. The maximum absolute atomic E-state index is 12.5. The molecule has 0 saturated carbocycles. The SMILES string of the molecule is CCOCCC(=O)N1CCc2cc(Cn3nc(-c4ccc5oc(N)nc5c4)c4c(C)ncnc43)ccc2C1. The molecule has 0 atom stereocenters. The number of aryl methyl sites for hydroxylation is 1. The molecule has 0 fully saturated rings. The number of nitrogen functional groups attached to an aromatic ring is 1. The first-order chi connectivity index (χ1) is 18.5. The van der Waals surface area contributed by atoms with E-state index in [0.717, 1.165) is 46.5 Å². The Balaban J connectivity index is 1.28. The Morgan fingerprint density at radius 2 is 2.05 bits per heavy atom. The largest absolute Gasteiger partial charge is 0.424 e. The smallest absolute Gasteiger partial charge is 0.292 e. The van der Waals surface area contributed by atoms with Crippen LogP contribution in [0.5, 0.6) is 0 Å². The number of anilines is 1. The number of fused-ring (bicyclic) bond motifs is 3. The molecule has 1 amide bonds. The van der Waals surface area contributed by atoms with Gasteiger partial charge >= 0.3 is 0 Å². The van der Waals surface area contributed by atoms with Gasteiger partial charge in [-0.05, 0) is 55.2 Å². The van der Waals surface area contributed by atoms with E-state index in [-0.39, 0.29) is 11.9 Å². The van der Waals surface area contributed by atoms with Crippen LogP contribution >= 0.6 is 0 Å². The van der Waals surface area contributed by atoms with Crippen LogP contribution in [0.4, 0.5) is 6.01 Å². The highest BCUT2D eigenvalue weighted by Gasteiger charge is 2.22.